The molecule has 0 bridgehead atoms. The van der Waals surface area contributed by atoms with Gasteiger partial charge in [-0.15, -0.1) is 0 Å². The first-order valence-electron chi connectivity index (χ1n) is 9.08. The molecule has 0 spiro atoms. The number of aryl methyl sites for hydroxylation is 1. The third kappa shape index (κ3) is 4.86. The highest BCUT2D eigenvalue weighted by molar-refractivity contribution is 9.10. The van der Waals surface area contributed by atoms with Crippen LogP contribution in [-0.4, -0.2) is 40.0 Å². The Morgan fingerprint density at radius 3 is 2.69 bits per heavy atom. The van der Waals surface area contributed by atoms with E-state index in [1.807, 2.05) is 0 Å². The van der Waals surface area contributed by atoms with Crippen molar-refractivity contribution in [3.05, 3.63) is 71.1 Å². The van der Waals surface area contributed by atoms with Crippen LogP contribution >= 0.6 is 31.9 Å². The minimum absolute atomic E-state index is 0.129. The highest BCUT2D eigenvalue weighted by atomic mass is 79.9. The number of nitrogens with zero attached hydrogens (tertiary/aromatic N) is 4. The maximum Gasteiger partial charge on any atom is 0.346 e. The standard InChI is InChI=1S/C20H16Br2N4O6/c1-10(20(28)31-3)32-18-15(22)6-12(7-17(18)26(29)30)9-23-25-11(2)24-16-5-4-13(21)8-14(16)19(25)27/h4-10H,1-3H3/t10-/m1/s1. The van der Waals surface area contributed by atoms with Crippen LogP contribution in [0.15, 0.2) is 49.2 Å². The van der Waals surface area contributed by atoms with E-state index in [1.165, 1.54) is 32.4 Å². The number of hydrogen-bond donors (Lipinski definition) is 0. The summed E-state index contributed by atoms with van der Waals surface area (Å²) in [5.41, 5.74) is 0.0794. The van der Waals surface area contributed by atoms with Crippen LogP contribution in [-0.2, 0) is 9.53 Å². The van der Waals surface area contributed by atoms with Gasteiger partial charge in [-0.25, -0.2) is 9.78 Å². The van der Waals surface area contributed by atoms with E-state index in [4.69, 9.17) is 4.74 Å². The Balaban J connectivity index is 2.04. The lowest BCUT2D eigenvalue weighted by molar-refractivity contribution is -0.386. The Morgan fingerprint density at radius 1 is 1.31 bits per heavy atom. The van der Waals surface area contributed by atoms with Crippen LogP contribution in [0.3, 0.4) is 0 Å². The number of carbonyl (C=O) groups excluding carboxylic acids is 1. The minimum atomic E-state index is -1.06. The molecule has 0 saturated heterocycles. The molecule has 32 heavy (non-hydrogen) atoms. The van der Waals surface area contributed by atoms with E-state index in [2.05, 4.69) is 46.7 Å². The normalized spacial score (nSPS) is 12.2. The fourth-order valence-corrected chi connectivity index (χ4v) is 3.76. The number of hydrogen-bond acceptors (Lipinski definition) is 8. The molecule has 0 aliphatic carbocycles. The third-order valence-electron chi connectivity index (χ3n) is 4.36. The van der Waals surface area contributed by atoms with Gasteiger partial charge in [0.25, 0.3) is 5.56 Å². The molecule has 0 aliphatic heterocycles. The van der Waals surface area contributed by atoms with Crippen molar-refractivity contribution in [1.29, 1.82) is 0 Å². The summed E-state index contributed by atoms with van der Waals surface area (Å²) in [5.74, 6) is -0.459. The zero-order valence-corrected chi connectivity index (χ0v) is 20.2. The zero-order chi connectivity index (χ0) is 23.6. The van der Waals surface area contributed by atoms with Crippen molar-refractivity contribution in [2.45, 2.75) is 20.0 Å². The van der Waals surface area contributed by atoms with E-state index in [-0.39, 0.29) is 21.5 Å². The largest absolute Gasteiger partial charge is 0.471 e. The van der Waals surface area contributed by atoms with Gasteiger partial charge in [-0.2, -0.15) is 9.78 Å². The lowest BCUT2D eigenvalue weighted by Crippen LogP contribution is -2.25. The topological polar surface area (TPSA) is 126 Å². The Labute approximate surface area is 198 Å². The number of fused-ring (bicyclic) bond motifs is 1. The summed E-state index contributed by atoms with van der Waals surface area (Å²) < 4.78 is 12.1. The Hall–Kier alpha value is -3.12. The first kappa shape index (κ1) is 23.5. The summed E-state index contributed by atoms with van der Waals surface area (Å²) in [6, 6.07) is 7.88. The average molecular weight is 568 g/mol. The van der Waals surface area contributed by atoms with Gasteiger partial charge in [0.1, 0.15) is 5.82 Å². The van der Waals surface area contributed by atoms with Crippen LogP contribution < -0.4 is 10.3 Å². The van der Waals surface area contributed by atoms with Gasteiger partial charge in [0.05, 0.1) is 33.6 Å². The Morgan fingerprint density at radius 2 is 2.03 bits per heavy atom. The van der Waals surface area contributed by atoms with Crippen LogP contribution in [0.5, 0.6) is 5.75 Å². The fourth-order valence-electron chi connectivity index (χ4n) is 2.84. The second-order valence-corrected chi connectivity index (χ2v) is 8.34. The number of aromatic nitrogens is 2. The predicted molar refractivity (Wildman–Crippen MR) is 124 cm³/mol. The Kier molecular flexibility index (Phi) is 7.04. The van der Waals surface area contributed by atoms with Crippen LogP contribution in [0, 0.1) is 17.0 Å². The molecule has 0 N–H and O–H groups in total. The summed E-state index contributed by atoms with van der Waals surface area (Å²) in [6.45, 7) is 3.04. The van der Waals surface area contributed by atoms with Crippen LogP contribution in [0.25, 0.3) is 10.9 Å². The van der Waals surface area contributed by atoms with E-state index in [0.29, 0.717) is 22.3 Å². The molecular weight excluding hydrogens is 552 g/mol. The number of benzene rings is 2. The molecule has 2 aromatic carbocycles. The van der Waals surface area contributed by atoms with E-state index in [0.717, 1.165) is 9.15 Å². The van der Waals surface area contributed by atoms with Gasteiger partial charge in [-0.05, 0) is 54.0 Å². The molecular formula is C20H16Br2N4O6. The number of halogens is 2. The third-order valence-corrected chi connectivity index (χ3v) is 5.45. The van der Waals surface area contributed by atoms with Crippen molar-refractivity contribution >= 4 is 60.6 Å². The number of esters is 1. The number of carbonyl (C=O) groups is 1. The van der Waals surface area contributed by atoms with Crippen molar-refractivity contribution in [2.75, 3.05) is 7.11 Å². The predicted octanol–water partition coefficient (Wildman–Crippen LogP) is 3.96. The quantitative estimate of drug-likeness (QED) is 0.191. The fraction of sp³-hybridized carbons (Fsp3) is 0.200. The molecule has 166 valence electrons. The van der Waals surface area contributed by atoms with Crippen molar-refractivity contribution in [2.24, 2.45) is 5.10 Å². The maximum atomic E-state index is 12.8. The van der Waals surface area contributed by atoms with E-state index < -0.39 is 17.0 Å². The summed E-state index contributed by atoms with van der Waals surface area (Å²) in [7, 11) is 1.19. The van der Waals surface area contributed by atoms with Crippen molar-refractivity contribution in [1.82, 2.24) is 9.66 Å². The van der Waals surface area contributed by atoms with Gasteiger partial charge in [0.15, 0.2) is 6.10 Å². The number of ether oxygens (including phenoxy) is 2. The van der Waals surface area contributed by atoms with Gasteiger partial charge < -0.3 is 9.47 Å². The molecule has 1 atom stereocenters. The van der Waals surface area contributed by atoms with Gasteiger partial charge in [0.2, 0.25) is 5.75 Å². The highest BCUT2D eigenvalue weighted by Crippen LogP contribution is 2.37. The zero-order valence-electron chi connectivity index (χ0n) is 17.0. The summed E-state index contributed by atoms with van der Waals surface area (Å²) in [5, 5.41) is 16.1. The second kappa shape index (κ2) is 9.57. The molecule has 3 rings (SSSR count). The smallest absolute Gasteiger partial charge is 0.346 e. The summed E-state index contributed by atoms with van der Waals surface area (Å²) >= 11 is 6.56. The van der Waals surface area contributed by atoms with Crippen molar-refractivity contribution in [3.63, 3.8) is 0 Å². The maximum absolute atomic E-state index is 12.8. The molecule has 0 fully saturated rings. The van der Waals surface area contributed by atoms with E-state index >= 15 is 0 Å². The number of rotatable bonds is 6. The highest BCUT2D eigenvalue weighted by Gasteiger charge is 2.25. The lowest BCUT2D eigenvalue weighted by Gasteiger charge is -2.14. The average Bonchev–Trinajstić information content (AvgIpc) is 2.74. The molecule has 0 unspecified atom stereocenters. The molecule has 1 heterocycles. The summed E-state index contributed by atoms with van der Waals surface area (Å²) in [4.78, 5) is 39.8. The van der Waals surface area contributed by atoms with Gasteiger partial charge in [-0.1, -0.05) is 15.9 Å². The number of methoxy groups -OCH3 is 1. The second-order valence-electron chi connectivity index (χ2n) is 6.57. The molecule has 12 heteroatoms. The minimum Gasteiger partial charge on any atom is -0.471 e. The molecule has 1 aromatic heterocycles. The SMILES string of the molecule is COC(=O)[C@@H](C)Oc1c(Br)cc(C=Nn2c(C)nc3ccc(Br)cc3c2=O)cc1[N+](=O)[O-]. The van der Waals surface area contributed by atoms with Crippen LogP contribution in [0.1, 0.15) is 18.3 Å². The first-order chi connectivity index (χ1) is 15.1. The van der Waals surface area contributed by atoms with E-state index in [9.17, 15) is 19.7 Å². The van der Waals surface area contributed by atoms with E-state index in [1.54, 1.807) is 25.1 Å². The number of nitro benzene ring substituents is 1. The molecule has 0 radical (unpaired) electrons. The summed E-state index contributed by atoms with van der Waals surface area (Å²) in [6.07, 6.45) is 0.240. The Bertz CT molecular complexity index is 1320. The van der Waals surface area contributed by atoms with Crippen LogP contribution in [0.2, 0.25) is 0 Å². The van der Waals surface area contributed by atoms with Gasteiger partial charge in [0, 0.05) is 16.1 Å². The van der Waals surface area contributed by atoms with Crippen molar-refractivity contribution < 1.29 is 19.2 Å². The first-order valence-corrected chi connectivity index (χ1v) is 10.7. The van der Waals surface area contributed by atoms with Gasteiger partial charge in [-0.3, -0.25) is 14.9 Å². The van der Waals surface area contributed by atoms with Gasteiger partial charge >= 0.3 is 11.7 Å². The molecule has 3 aromatic rings. The van der Waals surface area contributed by atoms with Crippen molar-refractivity contribution in [3.8, 4) is 5.75 Å². The lowest BCUT2D eigenvalue weighted by atomic mass is 10.2. The molecule has 0 amide bonds. The van der Waals surface area contributed by atoms with Crippen LogP contribution in [0.4, 0.5) is 5.69 Å². The molecule has 10 nitrogen and oxygen atoms in total. The molecule has 0 saturated carbocycles. The number of nitro groups is 1. The monoisotopic (exact) mass is 566 g/mol. The molecule has 0 aliphatic rings.